The van der Waals surface area contributed by atoms with E-state index in [1.54, 1.807) is 0 Å². The third-order valence-corrected chi connectivity index (χ3v) is 1.44. The number of anilines is 1. The van der Waals surface area contributed by atoms with E-state index in [1.807, 2.05) is 24.3 Å². The Hall–Kier alpha value is -0.400. The van der Waals surface area contributed by atoms with Crippen LogP contribution in [0.4, 0.5) is 5.69 Å². The van der Waals surface area contributed by atoms with Crippen molar-refractivity contribution in [3.05, 3.63) is 29.8 Å². The summed E-state index contributed by atoms with van der Waals surface area (Å²) in [7, 11) is 0. The van der Waals surface area contributed by atoms with E-state index in [4.69, 9.17) is 17.3 Å². The Labute approximate surface area is 71.6 Å². The number of nitrogen functional groups attached to an aromatic ring is 1. The molecule has 0 atom stereocenters. The lowest BCUT2D eigenvalue weighted by molar-refractivity contribution is 1.41. The van der Waals surface area contributed by atoms with E-state index >= 15 is 0 Å². The monoisotopic (exact) mass is 177 g/mol. The van der Waals surface area contributed by atoms with Gasteiger partial charge < -0.3 is 5.73 Å². The van der Waals surface area contributed by atoms with Crippen molar-refractivity contribution in [3.8, 4) is 0 Å². The second kappa shape index (κ2) is 4.42. The zero-order valence-corrected chi connectivity index (χ0v) is 6.95. The van der Waals surface area contributed by atoms with Crippen molar-refractivity contribution in [2.45, 2.75) is 5.88 Å². The third kappa shape index (κ3) is 2.46. The Balaban J connectivity index is 0.000000810. The molecule has 0 aliphatic rings. The number of rotatable bonds is 1. The number of halogens is 2. The van der Waals surface area contributed by atoms with Gasteiger partial charge in [-0.05, 0) is 17.7 Å². The molecule has 1 rings (SSSR count). The lowest BCUT2D eigenvalue weighted by atomic mass is 10.2. The lowest BCUT2D eigenvalue weighted by Gasteiger charge is -1.93. The van der Waals surface area contributed by atoms with Gasteiger partial charge in [0.05, 0.1) is 0 Å². The van der Waals surface area contributed by atoms with E-state index in [9.17, 15) is 0 Å². The molecule has 3 heteroatoms. The van der Waals surface area contributed by atoms with Gasteiger partial charge in [-0.1, -0.05) is 12.1 Å². The predicted octanol–water partition coefficient (Wildman–Crippen LogP) is 2.43. The molecule has 0 amide bonds. The molecule has 0 bridgehead atoms. The van der Waals surface area contributed by atoms with Crippen LogP contribution < -0.4 is 5.73 Å². The highest BCUT2D eigenvalue weighted by molar-refractivity contribution is 6.17. The summed E-state index contributed by atoms with van der Waals surface area (Å²) in [6, 6.07) is 7.53. The fraction of sp³-hybridized carbons (Fsp3) is 0.143. The van der Waals surface area contributed by atoms with Crippen molar-refractivity contribution in [3.63, 3.8) is 0 Å². The van der Waals surface area contributed by atoms with Crippen LogP contribution in [0.2, 0.25) is 0 Å². The molecule has 0 heterocycles. The van der Waals surface area contributed by atoms with E-state index in [1.165, 1.54) is 0 Å². The van der Waals surface area contributed by atoms with E-state index in [-0.39, 0.29) is 12.4 Å². The van der Waals surface area contributed by atoms with Crippen LogP contribution in [0.25, 0.3) is 0 Å². The van der Waals surface area contributed by atoms with Crippen molar-refractivity contribution in [1.29, 1.82) is 0 Å². The van der Waals surface area contributed by atoms with E-state index in [0.717, 1.165) is 11.3 Å². The summed E-state index contributed by atoms with van der Waals surface area (Å²) in [5, 5.41) is 0. The maximum atomic E-state index is 5.54. The zero-order valence-electron chi connectivity index (χ0n) is 5.38. The molecule has 1 aromatic rings. The van der Waals surface area contributed by atoms with Crippen molar-refractivity contribution < 1.29 is 0 Å². The second-order valence-electron chi connectivity index (χ2n) is 1.88. The van der Waals surface area contributed by atoms with Crippen molar-refractivity contribution in [2.24, 2.45) is 0 Å². The van der Waals surface area contributed by atoms with Crippen molar-refractivity contribution >= 4 is 29.7 Å². The zero-order chi connectivity index (χ0) is 6.69. The lowest BCUT2D eigenvalue weighted by Crippen LogP contribution is -1.83. The third-order valence-electron chi connectivity index (χ3n) is 1.13. The largest absolute Gasteiger partial charge is 0.399 e. The molecule has 1 nitrogen and oxygen atoms in total. The Morgan fingerprint density at radius 2 is 1.70 bits per heavy atom. The fourth-order valence-corrected chi connectivity index (χ4v) is 0.785. The van der Waals surface area contributed by atoms with E-state index in [0.29, 0.717) is 5.88 Å². The Bertz CT molecular complexity index is 183. The van der Waals surface area contributed by atoms with Gasteiger partial charge in [0.15, 0.2) is 0 Å². The van der Waals surface area contributed by atoms with Crippen LogP contribution in [-0.2, 0) is 5.88 Å². The Morgan fingerprint density at radius 1 is 1.20 bits per heavy atom. The molecule has 0 fully saturated rings. The maximum absolute atomic E-state index is 5.54. The SMILES string of the molecule is Cl.Nc1ccc(CCl)cc1. The highest BCUT2D eigenvalue weighted by Crippen LogP contribution is 2.06. The van der Waals surface area contributed by atoms with Gasteiger partial charge in [-0.3, -0.25) is 0 Å². The van der Waals surface area contributed by atoms with Gasteiger partial charge >= 0.3 is 0 Å². The minimum absolute atomic E-state index is 0. The minimum atomic E-state index is 0. The van der Waals surface area contributed by atoms with Crippen LogP contribution >= 0.6 is 24.0 Å². The molecule has 0 aliphatic heterocycles. The summed E-state index contributed by atoms with van der Waals surface area (Å²) in [5.41, 5.74) is 7.32. The predicted molar refractivity (Wildman–Crippen MR) is 47.7 cm³/mol. The molecule has 0 unspecified atom stereocenters. The summed E-state index contributed by atoms with van der Waals surface area (Å²) < 4.78 is 0. The molecular formula is C7H9Cl2N. The molecule has 0 saturated carbocycles. The average Bonchev–Trinajstić information content (AvgIpc) is 1.90. The normalized spacial score (nSPS) is 8.50. The summed E-state index contributed by atoms with van der Waals surface area (Å²) in [6.07, 6.45) is 0. The van der Waals surface area contributed by atoms with Gasteiger partial charge in [0, 0.05) is 11.6 Å². The summed E-state index contributed by atoms with van der Waals surface area (Å²) in [4.78, 5) is 0. The number of nitrogens with two attached hydrogens (primary N) is 1. The molecule has 10 heavy (non-hydrogen) atoms. The first-order chi connectivity index (χ1) is 4.33. The average molecular weight is 178 g/mol. The van der Waals surface area contributed by atoms with E-state index in [2.05, 4.69) is 0 Å². The molecule has 0 radical (unpaired) electrons. The minimum Gasteiger partial charge on any atom is -0.399 e. The van der Waals surface area contributed by atoms with Crippen LogP contribution in [0.3, 0.4) is 0 Å². The van der Waals surface area contributed by atoms with Crippen LogP contribution in [-0.4, -0.2) is 0 Å². The van der Waals surface area contributed by atoms with Crippen LogP contribution in [0.1, 0.15) is 5.56 Å². The quantitative estimate of drug-likeness (QED) is 0.518. The second-order valence-corrected chi connectivity index (χ2v) is 2.14. The number of hydrogen-bond donors (Lipinski definition) is 1. The van der Waals surface area contributed by atoms with Gasteiger partial charge in [0.25, 0.3) is 0 Å². The van der Waals surface area contributed by atoms with Gasteiger partial charge in [0.2, 0.25) is 0 Å². The molecule has 0 spiro atoms. The molecule has 2 N–H and O–H groups in total. The maximum Gasteiger partial charge on any atom is 0.0474 e. The Morgan fingerprint density at radius 3 is 2.10 bits per heavy atom. The first-order valence-corrected chi connectivity index (χ1v) is 3.27. The summed E-state index contributed by atoms with van der Waals surface area (Å²) in [5.74, 6) is 0.556. The molecule has 0 aromatic heterocycles. The fourth-order valence-electron chi connectivity index (χ4n) is 0.607. The summed E-state index contributed by atoms with van der Waals surface area (Å²) in [6.45, 7) is 0. The topological polar surface area (TPSA) is 26.0 Å². The number of benzene rings is 1. The van der Waals surface area contributed by atoms with Gasteiger partial charge in [-0.25, -0.2) is 0 Å². The van der Waals surface area contributed by atoms with Crippen molar-refractivity contribution in [2.75, 3.05) is 5.73 Å². The first-order valence-electron chi connectivity index (χ1n) is 2.73. The summed E-state index contributed by atoms with van der Waals surface area (Å²) >= 11 is 5.54. The molecule has 56 valence electrons. The first kappa shape index (κ1) is 9.60. The standard InChI is InChI=1S/C7H8ClN.ClH/c8-5-6-1-3-7(9)4-2-6;/h1-4H,5,9H2;1H. The van der Waals surface area contributed by atoms with E-state index < -0.39 is 0 Å². The van der Waals surface area contributed by atoms with Crippen LogP contribution in [0.15, 0.2) is 24.3 Å². The molecule has 1 aromatic carbocycles. The van der Waals surface area contributed by atoms with Gasteiger partial charge in [-0.15, -0.1) is 24.0 Å². The number of hydrogen-bond acceptors (Lipinski definition) is 1. The molecule has 0 saturated heterocycles. The molecular weight excluding hydrogens is 169 g/mol. The highest BCUT2D eigenvalue weighted by Gasteiger charge is 1.86. The molecule has 0 aliphatic carbocycles. The van der Waals surface area contributed by atoms with Crippen LogP contribution in [0.5, 0.6) is 0 Å². The van der Waals surface area contributed by atoms with Gasteiger partial charge in [-0.2, -0.15) is 0 Å². The highest BCUT2D eigenvalue weighted by atomic mass is 35.5. The van der Waals surface area contributed by atoms with Crippen LogP contribution in [0, 0.1) is 0 Å². The van der Waals surface area contributed by atoms with Crippen molar-refractivity contribution in [1.82, 2.24) is 0 Å². The Kier molecular flexibility index (Phi) is 4.24. The number of alkyl halides is 1. The van der Waals surface area contributed by atoms with Gasteiger partial charge in [0.1, 0.15) is 0 Å². The smallest absolute Gasteiger partial charge is 0.0474 e.